The molecular weight excluding hydrogens is 320 g/mol. The summed E-state index contributed by atoms with van der Waals surface area (Å²) in [5.41, 5.74) is 1.39. The van der Waals surface area contributed by atoms with Gasteiger partial charge < -0.3 is 9.84 Å². The number of nitrogens with zero attached hydrogens (tertiary/aromatic N) is 2. The van der Waals surface area contributed by atoms with Crippen molar-refractivity contribution >= 4 is 15.9 Å². The number of ether oxygens (including phenoxy) is 1. The van der Waals surface area contributed by atoms with Gasteiger partial charge in [0.25, 0.3) is 0 Å². The van der Waals surface area contributed by atoms with E-state index < -0.39 is 5.60 Å². The van der Waals surface area contributed by atoms with Crippen molar-refractivity contribution in [3.63, 3.8) is 0 Å². The Hall–Kier alpha value is -0.390. The standard InChI is InChI=1S/C15H25BrN2O2/c1-5-18-12(14(16)11(4)17-18)8-15(19)6-7-20-13(9-15)10(2)3/h10,13,19H,5-9H2,1-4H3. The van der Waals surface area contributed by atoms with Gasteiger partial charge in [0.05, 0.1) is 27.6 Å². The van der Waals surface area contributed by atoms with Crippen LogP contribution < -0.4 is 0 Å². The fourth-order valence-electron chi connectivity index (χ4n) is 2.87. The minimum absolute atomic E-state index is 0.145. The fourth-order valence-corrected chi connectivity index (χ4v) is 3.30. The number of rotatable bonds is 4. The molecule has 1 fully saturated rings. The smallest absolute Gasteiger partial charge is 0.0750 e. The van der Waals surface area contributed by atoms with E-state index in [1.165, 1.54) is 0 Å². The van der Waals surface area contributed by atoms with Crippen molar-refractivity contribution in [2.24, 2.45) is 5.92 Å². The maximum atomic E-state index is 11.0. The molecule has 1 aromatic heterocycles. The number of hydrogen-bond acceptors (Lipinski definition) is 3. The maximum Gasteiger partial charge on any atom is 0.0750 e. The van der Waals surface area contributed by atoms with E-state index in [0.717, 1.165) is 22.4 Å². The van der Waals surface area contributed by atoms with Gasteiger partial charge >= 0.3 is 0 Å². The number of halogens is 1. The van der Waals surface area contributed by atoms with E-state index in [4.69, 9.17) is 4.74 Å². The molecule has 1 aromatic rings. The first kappa shape index (κ1) is 16.0. The van der Waals surface area contributed by atoms with Crippen LogP contribution >= 0.6 is 15.9 Å². The lowest BCUT2D eigenvalue weighted by Gasteiger charge is -2.38. The van der Waals surface area contributed by atoms with Crippen LogP contribution in [0.5, 0.6) is 0 Å². The Labute approximate surface area is 129 Å². The van der Waals surface area contributed by atoms with Crippen LogP contribution in [-0.2, 0) is 17.7 Å². The van der Waals surface area contributed by atoms with Gasteiger partial charge in [0.1, 0.15) is 0 Å². The van der Waals surface area contributed by atoms with Crippen molar-refractivity contribution in [2.45, 2.75) is 65.2 Å². The fraction of sp³-hybridized carbons (Fsp3) is 0.800. The van der Waals surface area contributed by atoms with Crippen LogP contribution in [0.2, 0.25) is 0 Å². The molecule has 20 heavy (non-hydrogen) atoms. The molecule has 1 N–H and O–H groups in total. The third-order valence-corrected chi connectivity index (χ3v) is 5.20. The number of hydrogen-bond donors (Lipinski definition) is 1. The zero-order valence-corrected chi connectivity index (χ0v) is 14.4. The molecule has 4 nitrogen and oxygen atoms in total. The van der Waals surface area contributed by atoms with Crippen molar-refractivity contribution in [1.29, 1.82) is 0 Å². The summed E-state index contributed by atoms with van der Waals surface area (Å²) in [5.74, 6) is 0.433. The normalized spacial score (nSPS) is 27.2. The Morgan fingerprint density at radius 1 is 1.55 bits per heavy atom. The molecule has 0 spiro atoms. The first-order valence-electron chi connectivity index (χ1n) is 7.42. The SMILES string of the molecule is CCn1nc(C)c(Br)c1CC1(O)CCOC(C(C)C)C1. The van der Waals surface area contributed by atoms with E-state index >= 15 is 0 Å². The molecule has 0 amide bonds. The molecule has 2 rings (SSSR count). The molecule has 0 aliphatic carbocycles. The molecule has 1 saturated heterocycles. The summed E-state index contributed by atoms with van der Waals surface area (Å²) in [6.07, 6.45) is 2.17. The van der Waals surface area contributed by atoms with Crippen molar-refractivity contribution < 1.29 is 9.84 Å². The highest BCUT2D eigenvalue weighted by Gasteiger charge is 2.37. The number of aryl methyl sites for hydroxylation is 2. The second-order valence-electron chi connectivity index (χ2n) is 6.17. The zero-order chi connectivity index (χ0) is 14.9. The molecule has 0 saturated carbocycles. The average Bonchev–Trinajstić information content (AvgIpc) is 2.66. The Kier molecular flexibility index (Phi) is 4.92. The first-order valence-corrected chi connectivity index (χ1v) is 8.21. The van der Waals surface area contributed by atoms with Crippen molar-refractivity contribution in [3.05, 3.63) is 15.9 Å². The van der Waals surface area contributed by atoms with Gasteiger partial charge in [-0.15, -0.1) is 0 Å². The lowest BCUT2D eigenvalue weighted by Crippen LogP contribution is -2.44. The molecule has 0 radical (unpaired) electrons. The number of aromatic nitrogens is 2. The van der Waals surface area contributed by atoms with E-state index in [9.17, 15) is 5.11 Å². The second kappa shape index (κ2) is 6.16. The maximum absolute atomic E-state index is 11.0. The molecule has 2 atom stereocenters. The molecule has 2 unspecified atom stereocenters. The molecule has 2 heterocycles. The lowest BCUT2D eigenvalue weighted by molar-refractivity contribution is -0.117. The highest BCUT2D eigenvalue weighted by Crippen LogP contribution is 2.34. The molecule has 0 bridgehead atoms. The van der Waals surface area contributed by atoms with Gasteiger partial charge in [-0.25, -0.2) is 0 Å². The highest BCUT2D eigenvalue weighted by molar-refractivity contribution is 9.10. The first-order chi connectivity index (χ1) is 9.36. The third-order valence-electron chi connectivity index (χ3n) is 4.17. The summed E-state index contributed by atoms with van der Waals surface area (Å²) in [6.45, 7) is 9.82. The second-order valence-corrected chi connectivity index (χ2v) is 6.96. The predicted molar refractivity (Wildman–Crippen MR) is 82.8 cm³/mol. The molecule has 5 heteroatoms. The Balaban J connectivity index is 2.20. The summed E-state index contributed by atoms with van der Waals surface area (Å²) in [5, 5.41) is 15.5. The quantitative estimate of drug-likeness (QED) is 0.912. The minimum atomic E-state index is -0.685. The van der Waals surface area contributed by atoms with Crippen LogP contribution in [-0.4, -0.2) is 33.2 Å². The van der Waals surface area contributed by atoms with E-state index in [1.807, 2.05) is 11.6 Å². The Bertz CT molecular complexity index is 473. The summed E-state index contributed by atoms with van der Waals surface area (Å²) in [4.78, 5) is 0. The van der Waals surface area contributed by atoms with Crippen molar-refractivity contribution in [1.82, 2.24) is 9.78 Å². The van der Waals surface area contributed by atoms with Crippen LogP contribution in [0.3, 0.4) is 0 Å². The van der Waals surface area contributed by atoms with Gasteiger partial charge in [0.2, 0.25) is 0 Å². The van der Waals surface area contributed by atoms with Crippen LogP contribution in [0, 0.1) is 12.8 Å². The van der Waals surface area contributed by atoms with Crippen molar-refractivity contribution in [2.75, 3.05) is 6.61 Å². The van der Waals surface area contributed by atoms with Crippen LogP contribution in [0.25, 0.3) is 0 Å². The largest absolute Gasteiger partial charge is 0.389 e. The van der Waals surface area contributed by atoms with E-state index in [2.05, 4.69) is 41.8 Å². The summed E-state index contributed by atoms with van der Waals surface area (Å²) in [7, 11) is 0. The molecule has 0 aromatic carbocycles. The van der Waals surface area contributed by atoms with Gasteiger partial charge in [-0.3, -0.25) is 4.68 Å². The van der Waals surface area contributed by atoms with E-state index in [0.29, 0.717) is 31.8 Å². The highest BCUT2D eigenvalue weighted by atomic mass is 79.9. The minimum Gasteiger partial charge on any atom is -0.389 e. The predicted octanol–water partition coefficient (Wildman–Crippen LogP) is 3.08. The monoisotopic (exact) mass is 344 g/mol. The number of aliphatic hydroxyl groups is 1. The zero-order valence-electron chi connectivity index (χ0n) is 12.8. The molecule has 1 aliphatic heterocycles. The van der Waals surface area contributed by atoms with Crippen LogP contribution in [0.15, 0.2) is 4.47 Å². The molecule has 1 aliphatic rings. The van der Waals surface area contributed by atoms with Gasteiger partial charge in [0.15, 0.2) is 0 Å². The van der Waals surface area contributed by atoms with Gasteiger partial charge in [-0.05, 0) is 42.1 Å². The van der Waals surface area contributed by atoms with Crippen LogP contribution in [0.4, 0.5) is 0 Å². The van der Waals surface area contributed by atoms with Gasteiger partial charge in [-0.1, -0.05) is 13.8 Å². The molecule has 114 valence electrons. The van der Waals surface area contributed by atoms with Gasteiger partial charge in [-0.2, -0.15) is 5.10 Å². The molecular formula is C15H25BrN2O2. The van der Waals surface area contributed by atoms with E-state index in [-0.39, 0.29) is 6.10 Å². The van der Waals surface area contributed by atoms with Gasteiger partial charge in [0, 0.05) is 26.0 Å². The summed E-state index contributed by atoms with van der Waals surface area (Å²) >= 11 is 3.61. The van der Waals surface area contributed by atoms with E-state index in [1.54, 1.807) is 0 Å². The van der Waals surface area contributed by atoms with Crippen LogP contribution in [0.1, 0.15) is 45.0 Å². The lowest BCUT2D eigenvalue weighted by atomic mass is 9.83. The summed E-state index contributed by atoms with van der Waals surface area (Å²) in [6, 6.07) is 0. The Morgan fingerprint density at radius 3 is 2.85 bits per heavy atom. The topological polar surface area (TPSA) is 47.3 Å². The average molecular weight is 345 g/mol. The Morgan fingerprint density at radius 2 is 2.25 bits per heavy atom. The summed E-state index contributed by atoms with van der Waals surface area (Å²) < 4.78 is 8.78. The van der Waals surface area contributed by atoms with Crippen molar-refractivity contribution in [3.8, 4) is 0 Å². The third kappa shape index (κ3) is 3.26.